The first-order valence-electron chi connectivity index (χ1n) is 20.8. The second-order valence-electron chi connectivity index (χ2n) is 14.0. The summed E-state index contributed by atoms with van der Waals surface area (Å²) in [4.78, 5) is 70.6. The predicted molar refractivity (Wildman–Crippen MR) is 230 cm³/mol. The van der Waals surface area contributed by atoms with Crippen molar-refractivity contribution in [3.8, 4) is 0 Å². The summed E-state index contributed by atoms with van der Waals surface area (Å²) in [6.45, 7) is -0.240. The summed E-state index contributed by atoms with van der Waals surface area (Å²) in [5.41, 5.74) is 2.85. The molecule has 0 fully saturated rings. The lowest BCUT2D eigenvalue weighted by atomic mass is 10.1. The van der Waals surface area contributed by atoms with Gasteiger partial charge in [-0.05, 0) is 42.2 Å². The van der Waals surface area contributed by atoms with Crippen molar-refractivity contribution in [3.63, 3.8) is 0 Å². The zero-order valence-corrected chi connectivity index (χ0v) is 37.1. The number of aromatic nitrogens is 4. The van der Waals surface area contributed by atoms with Crippen molar-refractivity contribution in [1.29, 1.82) is 0 Å². The average Bonchev–Trinajstić information content (AvgIpc) is 3.79. The van der Waals surface area contributed by atoms with Crippen molar-refractivity contribution in [3.05, 3.63) is 76.0 Å². The molecule has 0 spiro atoms. The molecule has 66 heavy (non-hydrogen) atoms. The maximum atomic E-state index is 12.3. The number of carbonyl (C=O) groups is 4. The summed E-state index contributed by atoms with van der Waals surface area (Å²) in [5.74, 6) is -1.10. The zero-order chi connectivity index (χ0) is 47.8. The fourth-order valence-electron chi connectivity index (χ4n) is 5.39. The first kappa shape index (κ1) is 54.9. The molecule has 2 aromatic heterocycles. The quantitative estimate of drug-likeness (QED) is 0.0172. The summed E-state index contributed by atoms with van der Waals surface area (Å²) >= 11 is 0. The molecule has 0 radical (unpaired) electrons. The molecule has 25 heteroatoms. The van der Waals surface area contributed by atoms with E-state index in [-0.39, 0.29) is 104 Å². The Kier molecular flexibility index (Phi) is 26.9. The van der Waals surface area contributed by atoms with Crippen molar-refractivity contribution >= 4 is 50.5 Å². The van der Waals surface area contributed by atoms with Crippen LogP contribution in [0.25, 0.3) is 12.2 Å². The number of esters is 2. The van der Waals surface area contributed by atoms with Crippen LogP contribution in [0.4, 0.5) is 5.69 Å². The van der Waals surface area contributed by atoms with Crippen LogP contribution < -0.4 is 10.5 Å². The van der Waals surface area contributed by atoms with Gasteiger partial charge in [-0.2, -0.15) is 0 Å². The number of phosphoric acid groups is 1. The number of ether oxygens (including phenoxy) is 7. The van der Waals surface area contributed by atoms with Crippen LogP contribution in [-0.4, -0.2) is 170 Å². The smallest absolute Gasteiger partial charge is 0.464 e. The van der Waals surface area contributed by atoms with E-state index in [0.717, 1.165) is 16.8 Å². The third-order valence-electron chi connectivity index (χ3n) is 8.86. The number of carbonyl (C=O) groups excluding carboxylic acids is 4. The molecule has 366 valence electrons. The molecule has 1 aromatic carbocycles. The van der Waals surface area contributed by atoms with E-state index in [4.69, 9.17) is 37.8 Å². The van der Waals surface area contributed by atoms with Gasteiger partial charge in [0, 0.05) is 50.5 Å². The highest BCUT2D eigenvalue weighted by Gasteiger charge is 2.24. The first-order valence-corrected chi connectivity index (χ1v) is 22.3. The molecule has 0 aliphatic carbocycles. The average molecular weight is 956 g/mol. The van der Waals surface area contributed by atoms with Crippen LogP contribution in [0.3, 0.4) is 0 Å². The molecular weight excluding hydrogens is 897 g/mol. The number of phosphoric ester groups is 1. The molecule has 0 saturated carbocycles. The van der Waals surface area contributed by atoms with E-state index in [9.17, 15) is 43.6 Å². The number of hydrogen-bond donors (Lipinski definition) is 5. The number of aromatic amines is 1. The standard InChI is InChI=1S/C41H58N5O19P/c47-23-36(26-58-17-13-45(14-18-59-27-37(51)24-48)35-10-7-32(8-11-35)5-6-33-9-12-39(52)42-21-33)46-22-34(43-44-46)25-62-41(54)3-1-15-57-19-20-61-40(53)4-2-16-64-66(55,56)65-29-38(63-31-50)28-60-30-49/h5-12,21-22,30-31,36-38,47-48,51H,1-4,13-20,23-29H2,(H,42,52)(H,55,56)/b6-5+. The van der Waals surface area contributed by atoms with E-state index in [1.54, 1.807) is 18.5 Å². The Hall–Kier alpha value is -5.40. The highest BCUT2D eigenvalue weighted by atomic mass is 31.2. The molecule has 24 nitrogen and oxygen atoms in total. The number of pyridine rings is 1. The van der Waals surface area contributed by atoms with E-state index in [0.29, 0.717) is 25.2 Å². The SMILES string of the molecule is O=COCC(COP(=O)(O)OCCCC(=O)OCCOCCCC(=O)OCc1cn(C(CO)COCCN(CCOCC(O)CO)c2ccc(/C=C/c3ccc(=O)[nH]c3)cc2)nn1)OC=O. The molecule has 4 atom stereocenters. The van der Waals surface area contributed by atoms with Crippen molar-refractivity contribution in [2.24, 2.45) is 0 Å². The number of benzene rings is 1. The number of hydrogen-bond acceptors (Lipinski definition) is 21. The molecule has 0 aliphatic heterocycles. The lowest BCUT2D eigenvalue weighted by Crippen LogP contribution is -2.32. The molecule has 0 aliphatic rings. The minimum atomic E-state index is -4.54. The Labute approximate surface area is 379 Å². The number of rotatable bonds is 38. The number of nitrogens with zero attached hydrogens (tertiary/aromatic N) is 4. The Morgan fingerprint density at radius 1 is 0.788 bits per heavy atom. The van der Waals surface area contributed by atoms with Crippen LogP contribution in [-0.2, 0) is 72.6 Å². The summed E-state index contributed by atoms with van der Waals surface area (Å²) in [6.07, 6.45) is 5.16. The zero-order valence-electron chi connectivity index (χ0n) is 36.2. The highest BCUT2D eigenvalue weighted by molar-refractivity contribution is 7.47. The normalized spacial score (nSPS) is 13.6. The molecule has 3 rings (SSSR count). The topological polar surface area (TPSA) is 316 Å². The first-order chi connectivity index (χ1) is 31.9. The van der Waals surface area contributed by atoms with E-state index in [1.807, 2.05) is 41.3 Å². The second kappa shape index (κ2) is 32.3. The number of H-pyrrole nitrogens is 1. The summed E-state index contributed by atoms with van der Waals surface area (Å²) in [7, 11) is -4.54. The van der Waals surface area contributed by atoms with Gasteiger partial charge in [0.25, 0.3) is 12.9 Å². The van der Waals surface area contributed by atoms with Gasteiger partial charge in [-0.1, -0.05) is 29.5 Å². The van der Waals surface area contributed by atoms with E-state index < -0.39 is 57.8 Å². The number of aliphatic hydroxyl groups is 3. The van der Waals surface area contributed by atoms with Gasteiger partial charge in [-0.15, -0.1) is 5.10 Å². The summed E-state index contributed by atoms with van der Waals surface area (Å²) < 4.78 is 59.0. The van der Waals surface area contributed by atoms with Crippen LogP contribution in [0.15, 0.2) is 53.6 Å². The Morgan fingerprint density at radius 2 is 1.48 bits per heavy atom. The van der Waals surface area contributed by atoms with Crippen LogP contribution in [0.2, 0.25) is 0 Å². The Morgan fingerprint density at radius 3 is 2.17 bits per heavy atom. The van der Waals surface area contributed by atoms with Crippen LogP contribution in [0, 0.1) is 0 Å². The molecule has 0 bridgehead atoms. The molecule has 5 N–H and O–H groups in total. The van der Waals surface area contributed by atoms with Gasteiger partial charge < -0.3 is 63.3 Å². The van der Waals surface area contributed by atoms with Gasteiger partial charge in [0.05, 0.1) is 71.7 Å². The van der Waals surface area contributed by atoms with Gasteiger partial charge in [-0.25, -0.2) is 9.25 Å². The lowest BCUT2D eigenvalue weighted by Gasteiger charge is -2.25. The van der Waals surface area contributed by atoms with Crippen molar-refractivity contribution < 1.29 is 86.2 Å². The summed E-state index contributed by atoms with van der Waals surface area (Å²) in [5, 5.41) is 36.9. The van der Waals surface area contributed by atoms with Crippen LogP contribution in [0.1, 0.15) is 48.5 Å². The van der Waals surface area contributed by atoms with Crippen LogP contribution in [0.5, 0.6) is 0 Å². The Balaban J connectivity index is 1.29. The molecule has 0 amide bonds. The largest absolute Gasteiger partial charge is 0.472 e. The van der Waals surface area contributed by atoms with Gasteiger partial charge in [0.15, 0.2) is 6.10 Å². The lowest BCUT2D eigenvalue weighted by molar-refractivity contribution is -0.145. The monoisotopic (exact) mass is 955 g/mol. The minimum Gasteiger partial charge on any atom is -0.464 e. The third kappa shape index (κ3) is 23.7. The maximum absolute atomic E-state index is 12.3. The van der Waals surface area contributed by atoms with Gasteiger partial charge in [0.1, 0.15) is 31.6 Å². The fourth-order valence-corrected chi connectivity index (χ4v) is 6.18. The highest BCUT2D eigenvalue weighted by Crippen LogP contribution is 2.43. The minimum absolute atomic E-state index is 0.0116. The molecule has 4 unspecified atom stereocenters. The van der Waals surface area contributed by atoms with Crippen LogP contribution >= 0.6 is 7.82 Å². The molecular formula is C41H58N5O19P. The maximum Gasteiger partial charge on any atom is 0.472 e. The molecule has 0 saturated heterocycles. The van der Waals surface area contributed by atoms with Crippen molar-refractivity contribution in [2.45, 2.75) is 50.5 Å². The fraction of sp³-hybridized carbons (Fsp3) is 0.537. The third-order valence-corrected chi connectivity index (χ3v) is 9.85. The van der Waals surface area contributed by atoms with E-state index >= 15 is 0 Å². The molecule has 2 heterocycles. The van der Waals surface area contributed by atoms with Crippen molar-refractivity contribution in [2.75, 3.05) is 97.3 Å². The van der Waals surface area contributed by atoms with E-state index in [2.05, 4.69) is 24.8 Å². The second-order valence-corrected chi connectivity index (χ2v) is 15.4. The predicted octanol–water partition coefficient (Wildman–Crippen LogP) is 0.575. The molecule has 3 aromatic rings. The van der Waals surface area contributed by atoms with Crippen molar-refractivity contribution in [1.82, 2.24) is 20.0 Å². The summed E-state index contributed by atoms with van der Waals surface area (Å²) in [6, 6.07) is 10.4. The van der Waals surface area contributed by atoms with Gasteiger partial charge >= 0.3 is 19.8 Å². The van der Waals surface area contributed by atoms with E-state index in [1.165, 1.54) is 10.7 Å². The van der Waals surface area contributed by atoms with Gasteiger partial charge in [0.2, 0.25) is 5.56 Å². The van der Waals surface area contributed by atoms with Gasteiger partial charge in [-0.3, -0.25) is 33.0 Å². The number of nitrogens with one attached hydrogen (secondary N) is 1. The Bertz CT molecular complexity index is 1960. The number of aliphatic hydroxyl groups excluding tert-OH is 3. The number of anilines is 1.